The van der Waals surface area contributed by atoms with Crippen molar-refractivity contribution in [3.63, 3.8) is 0 Å². The van der Waals surface area contributed by atoms with E-state index in [1.54, 1.807) is 0 Å². The highest BCUT2D eigenvalue weighted by molar-refractivity contribution is 5.83. The lowest BCUT2D eigenvalue weighted by Gasteiger charge is -2.22. The summed E-state index contributed by atoms with van der Waals surface area (Å²) in [5.74, 6) is 0.185. The Kier molecular flexibility index (Phi) is 6.91. The molecule has 1 N–H and O–H groups in total. The van der Waals surface area contributed by atoms with Gasteiger partial charge in [-0.25, -0.2) is 4.98 Å². The molecule has 35 heavy (non-hydrogen) atoms. The molecule has 0 saturated carbocycles. The lowest BCUT2D eigenvalue weighted by atomic mass is 9.97. The molecular weight excluding hydrogens is 459 g/mol. The fourth-order valence-electron chi connectivity index (χ4n) is 5.09. The fourth-order valence-corrected chi connectivity index (χ4v) is 5.09. The van der Waals surface area contributed by atoms with E-state index in [9.17, 15) is 18.0 Å². The normalized spacial score (nSPS) is 23.3. The first-order valence-corrected chi connectivity index (χ1v) is 11.9. The largest absolute Gasteiger partial charge is 0.418 e. The van der Waals surface area contributed by atoms with Crippen molar-refractivity contribution in [3.8, 4) is 0 Å². The fraction of sp³-hybridized carbons (Fsp3) is 0.462. The lowest BCUT2D eigenvalue weighted by Crippen LogP contribution is -2.34. The number of hydrogen-bond donors (Lipinski definition) is 1. The van der Waals surface area contributed by atoms with Crippen LogP contribution >= 0.6 is 0 Å². The van der Waals surface area contributed by atoms with Gasteiger partial charge in [0.25, 0.3) is 0 Å². The van der Waals surface area contributed by atoms with Crippen LogP contribution in [0.25, 0.3) is 11.0 Å². The number of rotatable bonds is 8. The number of imidazole rings is 1. The third-order valence-electron chi connectivity index (χ3n) is 6.86. The van der Waals surface area contributed by atoms with Gasteiger partial charge in [-0.1, -0.05) is 36.4 Å². The highest BCUT2D eigenvalue weighted by Crippen LogP contribution is 2.34. The standard InChI is InChI=1S/C26H28F3N3O3/c27-26(28,29)21-7-4-8-22-25(21)31-24(30-22)12-20(33)11-18-13-32(19-9-10-34-16-19)14-23(18)35-15-17-5-2-1-3-6-17/h1-8,18-19,23H,9-16H2,(H,30,31)/t18?,19?,23-/m0/s1. The first-order chi connectivity index (χ1) is 16.9. The summed E-state index contributed by atoms with van der Waals surface area (Å²) in [5.41, 5.74) is 0.396. The third kappa shape index (κ3) is 5.58. The summed E-state index contributed by atoms with van der Waals surface area (Å²) < 4.78 is 51.8. The van der Waals surface area contributed by atoms with Gasteiger partial charge in [-0.15, -0.1) is 0 Å². The predicted octanol–water partition coefficient (Wildman–Crippen LogP) is 4.39. The Morgan fingerprint density at radius 2 is 1.97 bits per heavy atom. The molecule has 0 radical (unpaired) electrons. The molecule has 2 unspecified atom stereocenters. The van der Waals surface area contributed by atoms with E-state index in [0.29, 0.717) is 19.3 Å². The van der Waals surface area contributed by atoms with Crippen LogP contribution in [-0.2, 0) is 33.5 Å². The molecule has 2 aliphatic rings. The van der Waals surface area contributed by atoms with Crippen molar-refractivity contribution >= 4 is 16.8 Å². The van der Waals surface area contributed by atoms with Crippen LogP contribution in [0.5, 0.6) is 0 Å². The van der Waals surface area contributed by atoms with E-state index in [1.165, 1.54) is 12.1 Å². The molecular formula is C26H28F3N3O3. The number of aromatic nitrogens is 2. The van der Waals surface area contributed by atoms with Gasteiger partial charge in [0.1, 0.15) is 17.1 Å². The van der Waals surface area contributed by atoms with E-state index in [-0.39, 0.29) is 47.5 Å². The van der Waals surface area contributed by atoms with Gasteiger partial charge < -0.3 is 14.5 Å². The molecule has 6 nitrogen and oxygen atoms in total. The number of benzene rings is 2. The topological polar surface area (TPSA) is 67.5 Å². The molecule has 9 heteroatoms. The lowest BCUT2D eigenvalue weighted by molar-refractivity contribution is -0.136. The minimum atomic E-state index is -4.50. The Bertz CT molecular complexity index is 1160. The molecule has 3 aromatic rings. The first-order valence-electron chi connectivity index (χ1n) is 11.9. The number of nitrogens with one attached hydrogen (secondary N) is 1. The number of carbonyl (C=O) groups excluding carboxylic acids is 1. The van der Waals surface area contributed by atoms with Crippen LogP contribution in [0.2, 0.25) is 0 Å². The Morgan fingerprint density at radius 3 is 2.71 bits per heavy atom. The third-order valence-corrected chi connectivity index (χ3v) is 6.86. The summed E-state index contributed by atoms with van der Waals surface area (Å²) in [6.07, 6.45) is -3.40. The quantitative estimate of drug-likeness (QED) is 0.511. The van der Waals surface area contributed by atoms with E-state index < -0.39 is 11.7 Å². The van der Waals surface area contributed by atoms with Gasteiger partial charge in [0.05, 0.1) is 36.8 Å². The highest BCUT2D eigenvalue weighted by Gasteiger charge is 2.39. The number of Topliss-reactive ketones (excluding diaryl/α,β-unsaturated/α-hetero) is 1. The van der Waals surface area contributed by atoms with E-state index in [4.69, 9.17) is 9.47 Å². The molecule has 2 aliphatic heterocycles. The molecule has 2 aromatic carbocycles. The van der Waals surface area contributed by atoms with Crippen molar-refractivity contribution in [1.29, 1.82) is 0 Å². The van der Waals surface area contributed by atoms with Gasteiger partial charge in [0.15, 0.2) is 0 Å². The molecule has 186 valence electrons. The maximum Gasteiger partial charge on any atom is 0.418 e. The van der Waals surface area contributed by atoms with E-state index in [1.807, 2.05) is 30.3 Å². The summed E-state index contributed by atoms with van der Waals surface area (Å²) in [4.78, 5) is 22.3. The number of nitrogens with zero attached hydrogens (tertiary/aromatic N) is 2. The number of alkyl halides is 3. The molecule has 2 saturated heterocycles. The summed E-state index contributed by atoms with van der Waals surface area (Å²) in [6, 6.07) is 14.1. The second kappa shape index (κ2) is 10.1. The number of ether oxygens (including phenoxy) is 2. The van der Waals surface area contributed by atoms with E-state index >= 15 is 0 Å². The second-order valence-corrected chi connectivity index (χ2v) is 9.37. The molecule has 0 amide bonds. The Balaban J connectivity index is 1.26. The maximum atomic E-state index is 13.3. The zero-order valence-corrected chi connectivity index (χ0v) is 19.3. The Morgan fingerprint density at radius 1 is 1.14 bits per heavy atom. The number of para-hydroxylation sites is 1. The monoisotopic (exact) mass is 487 g/mol. The Hall–Kier alpha value is -2.75. The maximum absolute atomic E-state index is 13.3. The number of carbonyl (C=O) groups is 1. The number of halogens is 3. The van der Waals surface area contributed by atoms with Crippen molar-refractivity contribution in [2.45, 2.75) is 44.2 Å². The molecule has 3 atom stereocenters. The van der Waals surface area contributed by atoms with Gasteiger partial charge in [0.2, 0.25) is 0 Å². The van der Waals surface area contributed by atoms with Gasteiger partial charge in [0, 0.05) is 38.1 Å². The minimum Gasteiger partial charge on any atom is -0.380 e. The van der Waals surface area contributed by atoms with E-state index in [0.717, 1.165) is 37.7 Å². The zero-order valence-electron chi connectivity index (χ0n) is 19.3. The van der Waals surface area contributed by atoms with E-state index in [2.05, 4.69) is 14.9 Å². The summed E-state index contributed by atoms with van der Waals surface area (Å²) in [6.45, 7) is 3.36. The first kappa shape index (κ1) is 24.0. The van der Waals surface area contributed by atoms with Crippen LogP contribution in [-0.4, -0.2) is 59.1 Å². The van der Waals surface area contributed by atoms with Crippen molar-refractivity contribution in [1.82, 2.24) is 14.9 Å². The second-order valence-electron chi connectivity index (χ2n) is 9.37. The smallest absolute Gasteiger partial charge is 0.380 e. The minimum absolute atomic E-state index is 0.00178. The highest BCUT2D eigenvalue weighted by atomic mass is 19.4. The number of fused-ring (bicyclic) bond motifs is 1. The summed E-state index contributed by atoms with van der Waals surface area (Å²) in [7, 11) is 0. The van der Waals surface area contributed by atoms with Crippen molar-refractivity contribution < 1.29 is 27.4 Å². The molecule has 3 heterocycles. The van der Waals surface area contributed by atoms with Gasteiger partial charge in [-0.2, -0.15) is 13.2 Å². The summed E-state index contributed by atoms with van der Waals surface area (Å²) in [5, 5.41) is 0. The molecule has 0 spiro atoms. The molecule has 5 rings (SSSR count). The number of aromatic amines is 1. The Labute approximate surface area is 201 Å². The van der Waals surface area contributed by atoms with Crippen LogP contribution in [0.1, 0.15) is 29.8 Å². The van der Waals surface area contributed by atoms with Crippen molar-refractivity contribution in [3.05, 3.63) is 65.5 Å². The number of hydrogen-bond acceptors (Lipinski definition) is 5. The molecule has 0 aliphatic carbocycles. The zero-order chi connectivity index (χ0) is 24.4. The molecule has 1 aromatic heterocycles. The van der Waals surface area contributed by atoms with Gasteiger partial charge >= 0.3 is 6.18 Å². The van der Waals surface area contributed by atoms with Crippen LogP contribution in [0, 0.1) is 5.92 Å². The SMILES string of the molecule is O=C(Cc1nc2c(C(F)(F)F)cccc2[nH]1)CC1CN(C2CCOC2)C[C@@H]1OCc1ccccc1. The van der Waals surface area contributed by atoms with Crippen molar-refractivity contribution in [2.24, 2.45) is 5.92 Å². The number of H-pyrrole nitrogens is 1. The summed E-state index contributed by atoms with van der Waals surface area (Å²) >= 11 is 0. The van der Waals surface area contributed by atoms with Crippen LogP contribution in [0.4, 0.5) is 13.2 Å². The number of ketones is 1. The van der Waals surface area contributed by atoms with Gasteiger partial charge in [-0.05, 0) is 24.1 Å². The van der Waals surface area contributed by atoms with Crippen LogP contribution < -0.4 is 0 Å². The predicted molar refractivity (Wildman–Crippen MR) is 124 cm³/mol. The molecule has 0 bridgehead atoms. The van der Waals surface area contributed by atoms with Gasteiger partial charge in [-0.3, -0.25) is 9.69 Å². The number of likely N-dealkylation sites (tertiary alicyclic amines) is 1. The van der Waals surface area contributed by atoms with Crippen LogP contribution in [0.3, 0.4) is 0 Å². The van der Waals surface area contributed by atoms with Crippen molar-refractivity contribution in [2.75, 3.05) is 26.3 Å². The van der Waals surface area contributed by atoms with Crippen LogP contribution in [0.15, 0.2) is 48.5 Å². The average molecular weight is 488 g/mol. The average Bonchev–Trinajstić information content (AvgIpc) is 3.57. The molecule has 2 fully saturated rings.